The molecule has 4 rings (SSSR count). The maximum absolute atomic E-state index is 12.6. The normalized spacial score (nSPS) is 17.1. The minimum atomic E-state index is -0.515. The van der Waals surface area contributed by atoms with Crippen LogP contribution in [0.15, 0.2) is 58.0 Å². The van der Waals surface area contributed by atoms with Gasteiger partial charge in [0.2, 0.25) is 5.91 Å². The fourth-order valence-electron chi connectivity index (χ4n) is 3.06. The molecule has 128 valence electrons. The van der Waals surface area contributed by atoms with Crippen molar-refractivity contribution >= 4 is 17.0 Å². The van der Waals surface area contributed by atoms with E-state index in [-0.39, 0.29) is 18.6 Å². The summed E-state index contributed by atoms with van der Waals surface area (Å²) in [6.45, 7) is 1.09. The maximum atomic E-state index is 12.6. The van der Waals surface area contributed by atoms with Crippen LogP contribution >= 0.6 is 0 Å². The molecule has 2 aromatic heterocycles. The SMILES string of the molecule is O=C(Cn1c(=O)oc2ccccc21)N1CCC(Oc2ccncc2)C1. The summed E-state index contributed by atoms with van der Waals surface area (Å²) in [7, 11) is 0. The van der Waals surface area contributed by atoms with E-state index in [1.54, 1.807) is 47.6 Å². The number of fused-ring (bicyclic) bond motifs is 1. The van der Waals surface area contributed by atoms with Gasteiger partial charge >= 0.3 is 5.76 Å². The molecular weight excluding hydrogens is 322 g/mol. The molecule has 1 amide bonds. The van der Waals surface area contributed by atoms with E-state index in [4.69, 9.17) is 9.15 Å². The van der Waals surface area contributed by atoms with Crippen LogP contribution in [0.1, 0.15) is 6.42 Å². The number of aromatic nitrogens is 2. The second kappa shape index (κ2) is 6.43. The van der Waals surface area contributed by atoms with Crippen LogP contribution in [0.25, 0.3) is 11.1 Å². The van der Waals surface area contributed by atoms with E-state index in [1.807, 2.05) is 6.07 Å². The number of oxazole rings is 1. The van der Waals surface area contributed by atoms with Crippen LogP contribution in [0.4, 0.5) is 0 Å². The summed E-state index contributed by atoms with van der Waals surface area (Å²) in [5, 5.41) is 0. The van der Waals surface area contributed by atoms with Crippen LogP contribution < -0.4 is 10.5 Å². The van der Waals surface area contributed by atoms with Crippen LogP contribution in [0, 0.1) is 0 Å². The lowest BCUT2D eigenvalue weighted by Crippen LogP contribution is -2.35. The first-order valence-electron chi connectivity index (χ1n) is 8.13. The molecule has 1 aromatic carbocycles. The van der Waals surface area contributed by atoms with Gasteiger partial charge in [0.05, 0.1) is 12.1 Å². The first-order chi connectivity index (χ1) is 12.2. The Balaban J connectivity index is 1.43. The fraction of sp³-hybridized carbons (Fsp3) is 0.278. The third kappa shape index (κ3) is 3.13. The third-order valence-electron chi connectivity index (χ3n) is 4.32. The summed E-state index contributed by atoms with van der Waals surface area (Å²) >= 11 is 0. The van der Waals surface area contributed by atoms with Gasteiger partial charge < -0.3 is 14.1 Å². The number of amides is 1. The Morgan fingerprint density at radius 3 is 2.88 bits per heavy atom. The van der Waals surface area contributed by atoms with Crippen molar-refractivity contribution in [3.05, 3.63) is 59.3 Å². The number of carbonyl (C=O) groups is 1. The quantitative estimate of drug-likeness (QED) is 0.722. The molecule has 0 spiro atoms. The molecule has 3 heterocycles. The topological polar surface area (TPSA) is 77.6 Å². The molecule has 1 aliphatic heterocycles. The standard InChI is InChI=1S/C18H17N3O4/c22-17(12-21-15-3-1-2-4-16(15)25-18(21)23)20-10-7-14(11-20)24-13-5-8-19-9-6-13/h1-6,8-9,14H,7,10-12H2. The average molecular weight is 339 g/mol. The largest absolute Gasteiger partial charge is 0.488 e. The Kier molecular flexibility index (Phi) is 3.97. The molecule has 0 N–H and O–H groups in total. The van der Waals surface area contributed by atoms with E-state index < -0.39 is 5.76 Å². The second-order valence-electron chi connectivity index (χ2n) is 5.97. The fourth-order valence-corrected chi connectivity index (χ4v) is 3.06. The van der Waals surface area contributed by atoms with Gasteiger partial charge in [-0.15, -0.1) is 0 Å². The Morgan fingerprint density at radius 1 is 1.24 bits per heavy atom. The van der Waals surface area contributed by atoms with Crippen LogP contribution in [0.2, 0.25) is 0 Å². The Hall–Kier alpha value is -3.09. The summed E-state index contributed by atoms with van der Waals surface area (Å²) in [6.07, 6.45) is 4.05. The highest BCUT2D eigenvalue weighted by Crippen LogP contribution is 2.18. The predicted octanol–water partition coefficient (Wildman–Crippen LogP) is 1.67. The number of para-hydroxylation sites is 2. The summed E-state index contributed by atoms with van der Waals surface area (Å²) in [5.74, 6) is 0.110. The molecule has 0 saturated carbocycles. The van der Waals surface area contributed by atoms with Gasteiger partial charge in [-0.1, -0.05) is 12.1 Å². The first-order valence-corrected chi connectivity index (χ1v) is 8.13. The van der Waals surface area contributed by atoms with Gasteiger partial charge in [0, 0.05) is 25.4 Å². The minimum absolute atomic E-state index is 0.0299. The highest BCUT2D eigenvalue weighted by Gasteiger charge is 2.28. The van der Waals surface area contributed by atoms with Crippen LogP contribution in [0.5, 0.6) is 5.75 Å². The Bertz CT molecular complexity index is 948. The molecule has 7 nitrogen and oxygen atoms in total. The zero-order chi connectivity index (χ0) is 17.2. The average Bonchev–Trinajstić information content (AvgIpc) is 3.21. The zero-order valence-electron chi connectivity index (χ0n) is 13.5. The van der Waals surface area contributed by atoms with Gasteiger partial charge in [0.1, 0.15) is 18.4 Å². The highest BCUT2D eigenvalue weighted by atomic mass is 16.5. The monoisotopic (exact) mass is 339 g/mol. The molecule has 1 aliphatic rings. The van der Waals surface area contributed by atoms with E-state index >= 15 is 0 Å². The lowest BCUT2D eigenvalue weighted by molar-refractivity contribution is -0.131. The van der Waals surface area contributed by atoms with Gasteiger partial charge in [-0.25, -0.2) is 4.79 Å². The first kappa shape index (κ1) is 15.4. The lowest BCUT2D eigenvalue weighted by Gasteiger charge is -2.17. The van der Waals surface area contributed by atoms with Crippen molar-refractivity contribution in [1.29, 1.82) is 0 Å². The zero-order valence-corrected chi connectivity index (χ0v) is 13.5. The van der Waals surface area contributed by atoms with Crippen molar-refractivity contribution in [3.8, 4) is 5.75 Å². The van der Waals surface area contributed by atoms with E-state index in [9.17, 15) is 9.59 Å². The molecule has 1 unspecified atom stereocenters. The van der Waals surface area contributed by atoms with Crippen molar-refractivity contribution < 1.29 is 13.9 Å². The number of benzene rings is 1. The van der Waals surface area contributed by atoms with Crippen LogP contribution in [0.3, 0.4) is 0 Å². The molecule has 1 fully saturated rings. The Labute approximate surface area is 143 Å². The number of carbonyl (C=O) groups excluding carboxylic acids is 1. The summed E-state index contributed by atoms with van der Waals surface area (Å²) in [5.41, 5.74) is 1.12. The third-order valence-corrected chi connectivity index (χ3v) is 4.32. The Morgan fingerprint density at radius 2 is 2.04 bits per heavy atom. The number of rotatable bonds is 4. The van der Waals surface area contributed by atoms with Gasteiger partial charge in [0.15, 0.2) is 5.58 Å². The molecule has 0 aliphatic carbocycles. The number of ether oxygens (including phenoxy) is 1. The van der Waals surface area contributed by atoms with Crippen molar-refractivity contribution in [1.82, 2.24) is 14.5 Å². The number of likely N-dealkylation sites (tertiary alicyclic amines) is 1. The van der Waals surface area contributed by atoms with Gasteiger partial charge in [-0.2, -0.15) is 0 Å². The second-order valence-corrected chi connectivity index (χ2v) is 5.97. The van der Waals surface area contributed by atoms with Crippen LogP contribution in [-0.4, -0.2) is 39.6 Å². The maximum Gasteiger partial charge on any atom is 0.420 e. The number of nitrogens with zero attached hydrogens (tertiary/aromatic N) is 3. The molecular formula is C18H17N3O4. The van der Waals surface area contributed by atoms with Gasteiger partial charge in [0.25, 0.3) is 0 Å². The number of hydrogen-bond donors (Lipinski definition) is 0. The van der Waals surface area contributed by atoms with Crippen LogP contribution in [-0.2, 0) is 11.3 Å². The van der Waals surface area contributed by atoms with E-state index in [2.05, 4.69) is 4.98 Å². The summed E-state index contributed by atoms with van der Waals surface area (Å²) < 4.78 is 12.4. The van der Waals surface area contributed by atoms with E-state index in [0.717, 1.165) is 12.2 Å². The van der Waals surface area contributed by atoms with E-state index in [0.29, 0.717) is 24.2 Å². The molecule has 25 heavy (non-hydrogen) atoms. The lowest BCUT2D eigenvalue weighted by atomic mass is 10.3. The number of hydrogen-bond acceptors (Lipinski definition) is 5. The predicted molar refractivity (Wildman–Crippen MR) is 90.3 cm³/mol. The minimum Gasteiger partial charge on any atom is -0.488 e. The molecule has 0 radical (unpaired) electrons. The van der Waals surface area contributed by atoms with Gasteiger partial charge in [-0.05, 0) is 24.3 Å². The van der Waals surface area contributed by atoms with E-state index in [1.165, 1.54) is 4.57 Å². The highest BCUT2D eigenvalue weighted by molar-refractivity contribution is 5.79. The summed E-state index contributed by atoms with van der Waals surface area (Å²) in [6, 6.07) is 10.7. The molecule has 7 heteroatoms. The molecule has 3 aromatic rings. The number of pyridine rings is 1. The van der Waals surface area contributed by atoms with Crippen molar-refractivity contribution in [2.45, 2.75) is 19.1 Å². The molecule has 1 saturated heterocycles. The molecule has 0 bridgehead atoms. The molecule has 1 atom stereocenters. The smallest absolute Gasteiger partial charge is 0.420 e. The summed E-state index contributed by atoms with van der Waals surface area (Å²) in [4.78, 5) is 30.2. The van der Waals surface area contributed by atoms with Crippen molar-refractivity contribution in [2.24, 2.45) is 0 Å². The van der Waals surface area contributed by atoms with Gasteiger partial charge in [-0.3, -0.25) is 14.3 Å². The van der Waals surface area contributed by atoms with Crippen molar-refractivity contribution in [2.75, 3.05) is 13.1 Å². The van der Waals surface area contributed by atoms with Crippen molar-refractivity contribution in [3.63, 3.8) is 0 Å².